The van der Waals surface area contributed by atoms with Crippen molar-refractivity contribution >= 4 is 21.9 Å². The van der Waals surface area contributed by atoms with Crippen molar-refractivity contribution in [1.82, 2.24) is 4.98 Å². The Labute approximate surface area is 110 Å². The molecule has 0 aliphatic carbocycles. The predicted molar refractivity (Wildman–Crippen MR) is 62.1 cm³/mol. The van der Waals surface area contributed by atoms with E-state index in [0.29, 0.717) is 0 Å². The monoisotopic (exact) mass is 325 g/mol. The first-order valence-electron chi connectivity index (χ1n) is 5.17. The lowest BCUT2D eigenvalue weighted by molar-refractivity contribution is -0.142. The van der Waals surface area contributed by atoms with Crippen LogP contribution in [-0.4, -0.2) is 17.6 Å². The molecule has 0 aliphatic rings. The lowest BCUT2D eigenvalue weighted by Crippen LogP contribution is -2.13. The molecule has 1 heterocycles. The van der Waals surface area contributed by atoms with Crippen LogP contribution in [0.4, 0.5) is 13.2 Å². The Bertz CT molecular complexity index is 441. The summed E-state index contributed by atoms with van der Waals surface area (Å²) in [4.78, 5) is 14.6. The number of nitrogens with zero attached hydrogens (tertiary/aromatic N) is 1. The lowest BCUT2D eigenvalue weighted by Gasteiger charge is -2.10. The van der Waals surface area contributed by atoms with Gasteiger partial charge in [-0.2, -0.15) is 4.39 Å². The van der Waals surface area contributed by atoms with Crippen molar-refractivity contribution < 1.29 is 22.7 Å². The second-order valence-corrected chi connectivity index (χ2v) is 3.95. The summed E-state index contributed by atoms with van der Waals surface area (Å²) < 4.78 is 43.6. The van der Waals surface area contributed by atoms with E-state index in [0.717, 1.165) is 6.07 Å². The molecule has 0 saturated carbocycles. The Kier molecular flexibility index (Phi) is 5.58. The Morgan fingerprint density at radius 2 is 2.22 bits per heavy atom. The molecule has 0 saturated heterocycles. The van der Waals surface area contributed by atoms with E-state index in [1.165, 1.54) is 0 Å². The van der Waals surface area contributed by atoms with Gasteiger partial charge in [0.15, 0.2) is 0 Å². The van der Waals surface area contributed by atoms with Crippen molar-refractivity contribution in [3.63, 3.8) is 0 Å². The van der Waals surface area contributed by atoms with Crippen LogP contribution in [0, 0.1) is 5.95 Å². The number of esters is 1. The van der Waals surface area contributed by atoms with Crippen LogP contribution in [0.1, 0.15) is 30.2 Å². The first kappa shape index (κ1) is 14.9. The van der Waals surface area contributed by atoms with Gasteiger partial charge in [-0.05, 0) is 13.0 Å². The summed E-state index contributed by atoms with van der Waals surface area (Å²) >= 11 is 2.98. The van der Waals surface area contributed by atoms with Crippen molar-refractivity contribution in [2.24, 2.45) is 0 Å². The van der Waals surface area contributed by atoms with Gasteiger partial charge >= 0.3 is 5.97 Å². The van der Waals surface area contributed by atoms with Crippen LogP contribution in [0.25, 0.3) is 0 Å². The van der Waals surface area contributed by atoms with E-state index < -0.39 is 30.3 Å². The highest BCUT2D eigenvalue weighted by Crippen LogP contribution is 2.25. The maximum absolute atomic E-state index is 13.4. The third-order valence-corrected chi connectivity index (χ3v) is 2.76. The van der Waals surface area contributed by atoms with Crippen LogP contribution in [0.5, 0.6) is 0 Å². The number of rotatable bonds is 5. The standard InChI is InChI=1S/C11H11BrF3NO2/c1-2-18-9(17)4-8-7(10(13)14)3-6(5-12)11(15)16-8/h3,10H,2,4-5H2,1H3. The fourth-order valence-corrected chi connectivity index (χ4v) is 1.75. The molecule has 0 radical (unpaired) electrons. The number of halogens is 4. The smallest absolute Gasteiger partial charge is 0.311 e. The van der Waals surface area contributed by atoms with Gasteiger partial charge in [-0.25, -0.2) is 13.8 Å². The Morgan fingerprint density at radius 3 is 2.72 bits per heavy atom. The minimum atomic E-state index is -2.82. The largest absolute Gasteiger partial charge is 0.466 e. The minimum absolute atomic E-state index is 0.0258. The number of alkyl halides is 3. The fourth-order valence-electron chi connectivity index (χ4n) is 1.36. The van der Waals surface area contributed by atoms with Gasteiger partial charge in [0.25, 0.3) is 6.43 Å². The number of pyridine rings is 1. The number of ether oxygens (including phenoxy) is 1. The molecule has 0 fully saturated rings. The van der Waals surface area contributed by atoms with Crippen LogP contribution >= 0.6 is 15.9 Å². The summed E-state index contributed by atoms with van der Waals surface area (Å²) in [5, 5.41) is 0.0746. The molecule has 18 heavy (non-hydrogen) atoms. The molecule has 0 unspecified atom stereocenters. The van der Waals surface area contributed by atoms with Gasteiger partial charge in [0.1, 0.15) is 0 Å². The number of hydrogen-bond donors (Lipinski definition) is 0. The third-order valence-electron chi connectivity index (χ3n) is 2.16. The summed E-state index contributed by atoms with van der Waals surface area (Å²) in [7, 11) is 0. The zero-order valence-electron chi connectivity index (χ0n) is 9.55. The van der Waals surface area contributed by atoms with E-state index in [2.05, 4.69) is 25.7 Å². The van der Waals surface area contributed by atoms with E-state index in [4.69, 9.17) is 0 Å². The number of aromatic nitrogens is 1. The summed E-state index contributed by atoms with van der Waals surface area (Å²) in [6.07, 6.45) is -3.28. The molecule has 7 heteroatoms. The normalized spacial score (nSPS) is 10.8. The van der Waals surface area contributed by atoms with Crippen molar-refractivity contribution in [3.05, 3.63) is 28.8 Å². The second kappa shape index (κ2) is 6.72. The van der Waals surface area contributed by atoms with Crippen LogP contribution in [0.2, 0.25) is 0 Å². The van der Waals surface area contributed by atoms with E-state index in [-0.39, 0.29) is 23.2 Å². The van der Waals surface area contributed by atoms with Gasteiger partial charge in [-0.3, -0.25) is 4.79 Å². The lowest BCUT2D eigenvalue weighted by atomic mass is 10.1. The molecule has 3 nitrogen and oxygen atoms in total. The Morgan fingerprint density at radius 1 is 1.56 bits per heavy atom. The van der Waals surface area contributed by atoms with Crippen LogP contribution in [-0.2, 0) is 21.3 Å². The Balaban J connectivity index is 3.09. The SMILES string of the molecule is CCOC(=O)Cc1nc(F)c(CBr)cc1C(F)F. The molecule has 1 aromatic heterocycles. The van der Waals surface area contributed by atoms with Crippen LogP contribution < -0.4 is 0 Å². The van der Waals surface area contributed by atoms with Crippen molar-refractivity contribution in [3.8, 4) is 0 Å². The van der Waals surface area contributed by atoms with Crippen molar-refractivity contribution in [1.29, 1.82) is 0 Å². The predicted octanol–water partition coefficient (Wildman–Crippen LogP) is 3.16. The number of carbonyl (C=O) groups excluding carboxylic acids is 1. The maximum Gasteiger partial charge on any atom is 0.311 e. The van der Waals surface area contributed by atoms with E-state index in [1.807, 2.05) is 0 Å². The van der Waals surface area contributed by atoms with Gasteiger partial charge in [0.05, 0.1) is 18.7 Å². The molecular formula is C11H11BrF3NO2. The summed E-state index contributed by atoms with van der Waals surface area (Å²) in [6, 6.07) is 1.01. The Hall–Kier alpha value is -1.11. The summed E-state index contributed by atoms with van der Waals surface area (Å²) in [5.74, 6) is -1.58. The zero-order chi connectivity index (χ0) is 13.7. The summed E-state index contributed by atoms with van der Waals surface area (Å²) in [5.41, 5.74) is -0.706. The average molecular weight is 326 g/mol. The molecule has 0 bridgehead atoms. The molecular weight excluding hydrogens is 315 g/mol. The van der Waals surface area contributed by atoms with Crippen molar-refractivity contribution in [2.45, 2.75) is 25.1 Å². The van der Waals surface area contributed by atoms with E-state index in [1.54, 1.807) is 6.92 Å². The van der Waals surface area contributed by atoms with E-state index in [9.17, 15) is 18.0 Å². The highest BCUT2D eigenvalue weighted by Gasteiger charge is 2.20. The molecule has 0 N–H and O–H groups in total. The number of hydrogen-bond acceptors (Lipinski definition) is 3. The highest BCUT2D eigenvalue weighted by atomic mass is 79.9. The van der Waals surface area contributed by atoms with Gasteiger partial charge in [-0.15, -0.1) is 0 Å². The molecule has 100 valence electrons. The molecule has 1 rings (SSSR count). The summed E-state index contributed by atoms with van der Waals surface area (Å²) in [6.45, 7) is 1.72. The second-order valence-electron chi connectivity index (χ2n) is 3.39. The molecule has 0 atom stereocenters. The van der Waals surface area contributed by atoms with Crippen LogP contribution in [0.15, 0.2) is 6.07 Å². The molecule has 1 aromatic rings. The molecule has 0 aromatic carbocycles. The third kappa shape index (κ3) is 3.69. The van der Waals surface area contributed by atoms with E-state index >= 15 is 0 Å². The maximum atomic E-state index is 13.4. The van der Waals surface area contributed by atoms with Crippen molar-refractivity contribution in [2.75, 3.05) is 6.61 Å². The molecule has 0 amide bonds. The number of carbonyl (C=O) groups is 1. The van der Waals surface area contributed by atoms with Gasteiger partial charge < -0.3 is 4.74 Å². The quantitative estimate of drug-likeness (QED) is 0.474. The van der Waals surface area contributed by atoms with Gasteiger partial charge in [0.2, 0.25) is 5.95 Å². The molecule has 0 aliphatic heterocycles. The topological polar surface area (TPSA) is 39.2 Å². The fraction of sp³-hybridized carbons (Fsp3) is 0.455. The zero-order valence-corrected chi connectivity index (χ0v) is 11.1. The van der Waals surface area contributed by atoms with Crippen LogP contribution in [0.3, 0.4) is 0 Å². The molecule has 0 spiro atoms. The first-order chi connectivity index (χ1) is 8.49. The minimum Gasteiger partial charge on any atom is -0.466 e. The first-order valence-corrected chi connectivity index (χ1v) is 6.29. The van der Waals surface area contributed by atoms with Gasteiger partial charge in [-0.1, -0.05) is 15.9 Å². The highest BCUT2D eigenvalue weighted by molar-refractivity contribution is 9.08. The average Bonchev–Trinajstić information content (AvgIpc) is 2.29. The van der Waals surface area contributed by atoms with Gasteiger partial charge in [0, 0.05) is 16.5 Å².